The summed E-state index contributed by atoms with van der Waals surface area (Å²) in [6.07, 6.45) is 0. The van der Waals surface area contributed by atoms with Gasteiger partial charge in [0, 0.05) is 4.47 Å². The van der Waals surface area contributed by atoms with E-state index in [-0.39, 0.29) is 0 Å². The molecule has 0 amide bonds. The topological polar surface area (TPSA) is 12.9 Å². The summed E-state index contributed by atoms with van der Waals surface area (Å²) in [6.45, 7) is 2.05. The molecule has 4 heteroatoms. The van der Waals surface area contributed by atoms with E-state index in [1.54, 1.807) is 0 Å². The number of halogens is 3. The lowest BCUT2D eigenvalue weighted by atomic mass is 10.0. The second-order valence-electron chi connectivity index (χ2n) is 3.46. The molecule has 0 atom stereocenters. The minimum absolute atomic E-state index is 0.405. The van der Waals surface area contributed by atoms with E-state index in [1.165, 1.54) is 5.56 Å². The summed E-state index contributed by atoms with van der Waals surface area (Å²) < 4.78 is 1.03. The molecule has 0 spiro atoms. The van der Waals surface area contributed by atoms with Crippen LogP contribution in [0, 0.1) is 6.92 Å². The van der Waals surface area contributed by atoms with Gasteiger partial charge in [0.2, 0.25) is 0 Å². The van der Waals surface area contributed by atoms with Gasteiger partial charge in [0.05, 0.1) is 0 Å². The quantitative estimate of drug-likeness (QED) is 0.665. The molecule has 16 heavy (non-hydrogen) atoms. The van der Waals surface area contributed by atoms with Gasteiger partial charge in [-0.15, -0.1) is 0 Å². The maximum atomic E-state index is 5.88. The molecule has 0 fully saturated rings. The molecule has 0 aliphatic rings. The van der Waals surface area contributed by atoms with Crippen LogP contribution in [0.1, 0.15) is 5.56 Å². The zero-order chi connectivity index (χ0) is 11.7. The van der Waals surface area contributed by atoms with Crippen LogP contribution in [-0.4, -0.2) is 4.98 Å². The second-order valence-corrected chi connectivity index (χ2v) is 5.15. The Hall–Kier alpha value is -0.570. The second kappa shape index (κ2) is 4.74. The van der Waals surface area contributed by atoms with Gasteiger partial charge in [0.1, 0.15) is 10.3 Å². The molecule has 1 heterocycles. The molecule has 2 aromatic rings. The van der Waals surface area contributed by atoms with E-state index in [1.807, 2.05) is 37.3 Å². The van der Waals surface area contributed by atoms with Gasteiger partial charge >= 0.3 is 0 Å². The molecule has 1 aromatic heterocycles. The summed E-state index contributed by atoms with van der Waals surface area (Å²) >= 11 is 15.2. The molecule has 0 radical (unpaired) electrons. The highest BCUT2D eigenvalue weighted by atomic mass is 79.9. The van der Waals surface area contributed by atoms with Crippen LogP contribution in [-0.2, 0) is 0 Å². The molecule has 0 unspecified atom stereocenters. The molecule has 1 nitrogen and oxygen atoms in total. The molecule has 0 saturated heterocycles. The van der Waals surface area contributed by atoms with Crippen LogP contribution in [0.2, 0.25) is 10.3 Å². The maximum absolute atomic E-state index is 5.88. The molecule has 1 aromatic carbocycles. The van der Waals surface area contributed by atoms with Crippen LogP contribution in [0.4, 0.5) is 0 Å². The Morgan fingerprint density at radius 3 is 2.31 bits per heavy atom. The van der Waals surface area contributed by atoms with Crippen molar-refractivity contribution in [3.05, 3.63) is 50.7 Å². The van der Waals surface area contributed by atoms with Gasteiger partial charge in [-0.3, -0.25) is 0 Å². The summed E-state index contributed by atoms with van der Waals surface area (Å²) in [5.41, 5.74) is 3.24. The van der Waals surface area contributed by atoms with Crippen LogP contribution in [0.3, 0.4) is 0 Å². The largest absolute Gasteiger partial charge is 0.224 e. The first-order chi connectivity index (χ1) is 7.56. The fourth-order valence-corrected chi connectivity index (χ4v) is 2.35. The Morgan fingerprint density at radius 1 is 1.06 bits per heavy atom. The molecule has 0 aliphatic carbocycles. The average Bonchev–Trinajstić information content (AvgIpc) is 2.20. The summed E-state index contributed by atoms with van der Waals surface area (Å²) in [4.78, 5) is 3.93. The minimum atomic E-state index is 0.405. The summed E-state index contributed by atoms with van der Waals surface area (Å²) in [6, 6.07) is 9.70. The summed E-state index contributed by atoms with van der Waals surface area (Å²) in [5.74, 6) is 0. The Morgan fingerprint density at radius 2 is 1.69 bits per heavy atom. The van der Waals surface area contributed by atoms with Crippen LogP contribution in [0.5, 0.6) is 0 Å². The molecule has 0 aliphatic heterocycles. The number of pyridine rings is 1. The van der Waals surface area contributed by atoms with Crippen LogP contribution in [0.25, 0.3) is 11.1 Å². The third-order valence-electron chi connectivity index (χ3n) is 2.27. The van der Waals surface area contributed by atoms with Crippen LogP contribution in [0.15, 0.2) is 34.8 Å². The normalized spacial score (nSPS) is 10.5. The molecule has 0 saturated carbocycles. The van der Waals surface area contributed by atoms with E-state index in [0.717, 1.165) is 15.6 Å². The number of rotatable bonds is 1. The maximum Gasteiger partial charge on any atom is 0.131 e. The molecule has 82 valence electrons. The fourth-order valence-electron chi connectivity index (χ4n) is 1.53. The molecule has 2 rings (SSSR count). The molecular weight excluding hydrogens is 309 g/mol. The first-order valence-electron chi connectivity index (χ1n) is 4.66. The lowest BCUT2D eigenvalue weighted by Gasteiger charge is -2.07. The first-order valence-corrected chi connectivity index (χ1v) is 6.21. The van der Waals surface area contributed by atoms with Crippen molar-refractivity contribution in [2.75, 3.05) is 0 Å². The van der Waals surface area contributed by atoms with Gasteiger partial charge in [0.15, 0.2) is 0 Å². The molecular formula is C12H8BrCl2N. The van der Waals surface area contributed by atoms with Crippen molar-refractivity contribution in [2.24, 2.45) is 0 Å². The van der Waals surface area contributed by atoms with E-state index >= 15 is 0 Å². The van der Waals surface area contributed by atoms with Gasteiger partial charge in [-0.1, -0.05) is 45.2 Å². The third-order valence-corrected chi connectivity index (χ3v) is 3.15. The van der Waals surface area contributed by atoms with Gasteiger partial charge in [-0.25, -0.2) is 4.98 Å². The zero-order valence-corrected chi connectivity index (χ0v) is 11.6. The lowest BCUT2D eigenvalue weighted by Crippen LogP contribution is -1.86. The highest BCUT2D eigenvalue weighted by Gasteiger charge is 2.05. The van der Waals surface area contributed by atoms with Crippen molar-refractivity contribution in [2.45, 2.75) is 6.92 Å². The molecule has 0 bridgehead atoms. The fraction of sp³-hybridized carbons (Fsp3) is 0.0833. The van der Waals surface area contributed by atoms with Gasteiger partial charge in [-0.05, 0) is 47.9 Å². The Kier molecular flexibility index (Phi) is 3.53. The third kappa shape index (κ3) is 2.57. The van der Waals surface area contributed by atoms with E-state index in [2.05, 4.69) is 20.9 Å². The van der Waals surface area contributed by atoms with Crippen molar-refractivity contribution in [3.63, 3.8) is 0 Å². The predicted molar refractivity (Wildman–Crippen MR) is 72.1 cm³/mol. The van der Waals surface area contributed by atoms with E-state index in [4.69, 9.17) is 23.2 Å². The SMILES string of the molecule is Cc1ccc(Br)cc1-c1cc(Cl)nc(Cl)c1. The van der Waals surface area contributed by atoms with Crippen molar-refractivity contribution in [1.29, 1.82) is 0 Å². The van der Waals surface area contributed by atoms with Crippen molar-refractivity contribution in [1.82, 2.24) is 4.98 Å². The summed E-state index contributed by atoms with van der Waals surface area (Å²) in [7, 11) is 0. The molecule has 0 N–H and O–H groups in total. The van der Waals surface area contributed by atoms with Crippen molar-refractivity contribution in [3.8, 4) is 11.1 Å². The number of aryl methyl sites for hydroxylation is 1. The Balaban J connectivity index is 2.62. The average molecular weight is 317 g/mol. The summed E-state index contributed by atoms with van der Waals surface area (Å²) in [5, 5.41) is 0.809. The lowest BCUT2D eigenvalue weighted by molar-refractivity contribution is 1.32. The van der Waals surface area contributed by atoms with E-state index in [9.17, 15) is 0 Å². The zero-order valence-electron chi connectivity index (χ0n) is 8.47. The van der Waals surface area contributed by atoms with E-state index < -0.39 is 0 Å². The highest BCUT2D eigenvalue weighted by molar-refractivity contribution is 9.10. The number of hydrogen-bond acceptors (Lipinski definition) is 1. The highest BCUT2D eigenvalue weighted by Crippen LogP contribution is 2.29. The van der Waals surface area contributed by atoms with E-state index in [0.29, 0.717) is 10.3 Å². The number of benzene rings is 1. The number of hydrogen-bond donors (Lipinski definition) is 0. The standard InChI is InChI=1S/C12H8BrCl2N/c1-7-2-3-9(13)6-10(7)8-4-11(14)16-12(15)5-8/h2-6H,1H3. The van der Waals surface area contributed by atoms with Crippen LogP contribution >= 0.6 is 39.1 Å². The van der Waals surface area contributed by atoms with Crippen molar-refractivity contribution >= 4 is 39.1 Å². The van der Waals surface area contributed by atoms with Gasteiger partial charge in [0.25, 0.3) is 0 Å². The smallest absolute Gasteiger partial charge is 0.131 e. The number of aromatic nitrogens is 1. The van der Waals surface area contributed by atoms with Crippen molar-refractivity contribution < 1.29 is 0 Å². The Bertz CT molecular complexity index is 520. The minimum Gasteiger partial charge on any atom is -0.224 e. The van der Waals surface area contributed by atoms with Gasteiger partial charge in [-0.2, -0.15) is 0 Å². The predicted octanol–water partition coefficient (Wildman–Crippen LogP) is 5.13. The number of nitrogens with zero attached hydrogens (tertiary/aromatic N) is 1. The van der Waals surface area contributed by atoms with Gasteiger partial charge < -0.3 is 0 Å². The first kappa shape index (κ1) is 11.9. The Labute approximate surface area is 113 Å². The monoisotopic (exact) mass is 315 g/mol. The van der Waals surface area contributed by atoms with Crippen LogP contribution < -0.4 is 0 Å².